The van der Waals surface area contributed by atoms with E-state index in [0.717, 1.165) is 22.3 Å². The van der Waals surface area contributed by atoms with Crippen LogP contribution in [-0.2, 0) is 16.8 Å². The number of ether oxygens (including phenoxy) is 2. The van der Waals surface area contributed by atoms with E-state index in [4.69, 9.17) is 9.73 Å². The Hall–Kier alpha value is -4.14. The van der Waals surface area contributed by atoms with Crippen LogP contribution in [0.15, 0.2) is 96.5 Å². The Bertz CT molecular complexity index is 1270. The van der Waals surface area contributed by atoms with Crippen molar-refractivity contribution in [2.45, 2.75) is 18.4 Å². The van der Waals surface area contributed by atoms with Crippen molar-refractivity contribution in [3.63, 3.8) is 0 Å². The van der Waals surface area contributed by atoms with E-state index in [1.807, 2.05) is 54.6 Å². The SMILES string of the molecule is FC(F)(F)Oc1ccc(-c2ccc(C3=NC(Cn4cncn4)(c4ccccc4)CO3)cc2)cc1. The van der Waals surface area contributed by atoms with Crippen LogP contribution in [-0.4, -0.2) is 33.6 Å². The smallest absolute Gasteiger partial charge is 0.474 e. The highest BCUT2D eigenvalue weighted by molar-refractivity contribution is 5.96. The molecular weight excluding hydrogens is 445 g/mol. The maximum atomic E-state index is 12.4. The normalized spacial score (nSPS) is 17.8. The third-order valence-corrected chi connectivity index (χ3v) is 5.52. The van der Waals surface area contributed by atoms with Gasteiger partial charge in [0.2, 0.25) is 5.90 Å². The zero-order chi connectivity index (χ0) is 23.6. The van der Waals surface area contributed by atoms with Gasteiger partial charge in [-0.3, -0.25) is 4.68 Å². The fraction of sp³-hybridized carbons (Fsp3) is 0.160. The Morgan fingerprint density at radius 2 is 1.53 bits per heavy atom. The lowest BCUT2D eigenvalue weighted by atomic mass is 9.91. The van der Waals surface area contributed by atoms with Gasteiger partial charge in [0, 0.05) is 5.56 Å². The number of nitrogens with zero attached hydrogens (tertiary/aromatic N) is 4. The molecule has 5 rings (SSSR count). The molecule has 6 nitrogen and oxygen atoms in total. The van der Waals surface area contributed by atoms with Crippen molar-refractivity contribution >= 4 is 5.90 Å². The van der Waals surface area contributed by atoms with E-state index in [2.05, 4.69) is 14.8 Å². The molecule has 9 heteroatoms. The van der Waals surface area contributed by atoms with Crippen LogP contribution in [0.2, 0.25) is 0 Å². The van der Waals surface area contributed by atoms with E-state index in [-0.39, 0.29) is 5.75 Å². The zero-order valence-electron chi connectivity index (χ0n) is 17.8. The van der Waals surface area contributed by atoms with Gasteiger partial charge in [0.1, 0.15) is 30.5 Å². The second kappa shape index (κ2) is 8.66. The quantitative estimate of drug-likeness (QED) is 0.393. The molecule has 0 amide bonds. The van der Waals surface area contributed by atoms with E-state index in [9.17, 15) is 13.2 Å². The fourth-order valence-corrected chi connectivity index (χ4v) is 3.90. The van der Waals surface area contributed by atoms with Gasteiger partial charge in [0.05, 0.1) is 6.54 Å². The number of halogens is 3. The summed E-state index contributed by atoms with van der Waals surface area (Å²) in [6.07, 6.45) is -1.58. The van der Waals surface area contributed by atoms with Crippen molar-refractivity contribution in [1.82, 2.24) is 14.8 Å². The largest absolute Gasteiger partial charge is 0.573 e. The molecule has 34 heavy (non-hydrogen) atoms. The summed E-state index contributed by atoms with van der Waals surface area (Å²) in [6.45, 7) is 0.833. The minimum absolute atomic E-state index is 0.258. The topological polar surface area (TPSA) is 61.5 Å². The summed E-state index contributed by atoms with van der Waals surface area (Å²) in [5, 5.41) is 4.23. The Morgan fingerprint density at radius 3 is 2.15 bits per heavy atom. The van der Waals surface area contributed by atoms with E-state index in [0.29, 0.717) is 19.0 Å². The summed E-state index contributed by atoms with van der Waals surface area (Å²) in [5.74, 6) is 0.260. The van der Waals surface area contributed by atoms with Gasteiger partial charge in [-0.15, -0.1) is 13.2 Å². The van der Waals surface area contributed by atoms with Gasteiger partial charge in [0.15, 0.2) is 0 Å². The van der Waals surface area contributed by atoms with Crippen LogP contribution < -0.4 is 4.74 Å². The molecular formula is C25H19F3N4O2. The standard InChI is InChI=1S/C25H19F3N4O2/c26-25(27,28)34-22-12-10-19(11-13-22)18-6-8-20(9-7-18)23-31-24(15-33-23,14-32-17-29-16-30-32)21-4-2-1-3-5-21/h1-13,16-17H,14-15H2. The lowest BCUT2D eigenvalue weighted by Crippen LogP contribution is -2.31. The van der Waals surface area contributed by atoms with E-state index in [1.54, 1.807) is 23.1 Å². The van der Waals surface area contributed by atoms with Gasteiger partial charge in [-0.25, -0.2) is 9.98 Å². The van der Waals surface area contributed by atoms with Gasteiger partial charge in [0.25, 0.3) is 0 Å². The highest BCUT2D eigenvalue weighted by atomic mass is 19.4. The number of alkyl halides is 3. The fourth-order valence-electron chi connectivity index (χ4n) is 3.90. The third-order valence-electron chi connectivity index (χ3n) is 5.52. The Labute approximate surface area is 193 Å². The molecule has 0 spiro atoms. The molecule has 1 aliphatic heterocycles. The van der Waals surface area contributed by atoms with E-state index in [1.165, 1.54) is 18.5 Å². The first kappa shape index (κ1) is 21.7. The lowest BCUT2D eigenvalue weighted by molar-refractivity contribution is -0.274. The maximum absolute atomic E-state index is 12.4. The Balaban J connectivity index is 1.39. The average molecular weight is 464 g/mol. The van der Waals surface area contributed by atoms with Crippen LogP contribution in [0, 0.1) is 0 Å². The molecule has 172 valence electrons. The summed E-state index contributed by atoms with van der Waals surface area (Å²) in [4.78, 5) is 8.99. The molecule has 1 atom stereocenters. The van der Waals surface area contributed by atoms with Crippen molar-refractivity contribution < 1.29 is 22.6 Å². The van der Waals surface area contributed by atoms with E-state index >= 15 is 0 Å². The Morgan fingerprint density at radius 1 is 0.882 bits per heavy atom. The summed E-state index contributed by atoms with van der Waals surface area (Å²) in [6, 6.07) is 23.2. The molecule has 4 aromatic rings. The van der Waals surface area contributed by atoms with Crippen LogP contribution in [0.3, 0.4) is 0 Å². The van der Waals surface area contributed by atoms with Crippen LogP contribution in [0.25, 0.3) is 11.1 Å². The molecule has 3 aromatic carbocycles. The average Bonchev–Trinajstić information content (AvgIpc) is 3.51. The molecule has 1 aliphatic rings. The van der Waals surface area contributed by atoms with Gasteiger partial charge < -0.3 is 9.47 Å². The second-order valence-corrected chi connectivity index (χ2v) is 7.85. The van der Waals surface area contributed by atoms with Crippen LogP contribution in [0.5, 0.6) is 5.75 Å². The first-order valence-corrected chi connectivity index (χ1v) is 10.5. The third kappa shape index (κ3) is 4.63. The van der Waals surface area contributed by atoms with Crippen LogP contribution in [0.4, 0.5) is 13.2 Å². The molecule has 0 saturated heterocycles. The maximum Gasteiger partial charge on any atom is 0.573 e. The number of benzene rings is 3. The van der Waals surface area contributed by atoms with Crippen molar-refractivity contribution in [1.29, 1.82) is 0 Å². The molecule has 2 heterocycles. The molecule has 1 aromatic heterocycles. The highest BCUT2D eigenvalue weighted by Gasteiger charge is 2.39. The molecule has 0 fully saturated rings. The molecule has 0 radical (unpaired) electrons. The monoisotopic (exact) mass is 464 g/mol. The van der Waals surface area contributed by atoms with Crippen LogP contribution in [0.1, 0.15) is 11.1 Å². The van der Waals surface area contributed by atoms with E-state index < -0.39 is 11.9 Å². The first-order valence-electron chi connectivity index (χ1n) is 10.5. The van der Waals surface area contributed by atoms with Gasteiger partial charge in [-0.1, -0.05) is 54.6 Å². The molecule has 0 aliphatic carbocycles. The Kier molecular flexibility index (Phi) is 5.53. The number of hydrogen-bond donors (Lipinski definition) is 0. The highest BCUT2D eigenvalue weighted by Crippen LogP contribution is 2.34. The molecule has 0 bridgehead atoms. The predicted octanol–water partition coefficient (Wildman–Crippen LogP) is 5.22. The minimum Gasteiger partial charge on any atom is -0.474 e. The first-order chi connectivity index (χ1) is 16.4. The second-order valence-electron chi connectivity index (χ2n) is 7.85. The molecule has 0 saturated carbocycles. The molecule has 0 N–H and O–H groups in total. The zero-order valence-corrected chi connectivity index (χ0v) is 17.8. The number of aliphatic imine (C=N–C) groups is 1. The number of rotatable bonds is 6. The molecule has 1 unspecified atom stereocenters. The van der Waals surface area contributed by atoms with Crippen molar-refractivity contribution in [2.24, 2.45) is 4.99 Å². The predicted molar refractivity (Wildman–Crippen MR) is 119 cm³/mol. The summed E-state index contributed by atoms with van der Waals surface area (Å²) >= 11 is 0. The lowest BCUT2D eigenvalue weighted by Gasteiger charge is -2.24. The minimum atomic E-state index is -4.71. The van der Waals surface area contributed by atoms with Crippen molar-refractivity contribution in [3.05, 3.63) is 103 Å². The van der Waals surface area contributed by atoms with Crippen molar-refractivity contribution in [2.75, 3.05) is 6.61 Å². The van der Waals surface area contributed by atoms with Crippen molar-refractivity contribution in [3.8, 4) is 16.9 Å². The van der Waals surface area contributed by atoms with Gasteiger partial charge in [-0.2, -0.15) is 5.10 Å². The van der Waals surface area contributed by atoms with Gasteiger partial charge in [-0.05, 0) is 41.0 Å². The van der Waals surface area contributed by atoms with Gasteiger partial charge >= 0.3 is 6.36 Å². The van der Waals surface area contributed by atoms with Crippen LogP contribution >= 0.6 is 0 Å². The number of aromatic nitrogens is 3. The summed E-state index contributed by atoms with van der Waals surface area (Å²) < 4.78 is 48.8. The summed E-state index contributed by atoms with van der Waals surface area (Å²) in [7, 11) is 0. The number of hydrogen-bond acceptors (Lipinski definition) is 5. The summed E-state index contributed by atoms with van der Waals surface area (Å²) in [5.41, 5.74) is 2.78.